The van der Waals surface area contributed by atoms with Crippen LogP contribution in [0.5, 0.6) is 0 Å². The van der Waals surface area contributed by atoms with Gasteiger partial charge in [-0.25, -0.2) is 4.98 Å². The third-order valence-corrected chi connectivity index (χ3v) is 5.64. The van der Waals surface area contributed by atoms with Crippen LogP contribution >= 0.6 is 22.7 Å². The zero-order valence-corrected chi connectivity index (χ0v) is 11.9. The first kappa shape index (κ1) is 11.4. The summed E-state index contributed by atoms with van der Waals surface area (Å²) < 4.78 is 0. The molecular weight excluding hydrogens is 276 g/mol. The predicted molar refractivity (Wildman–Crippen MR) is 80.2 cm³/mol. The van der Waals surface area contributed by atoms with Gasteiger partial charge in [0.15, 0.2) is 5.82 Å². The number of hydrogen-bond donors (Lipinski definition) is 1. The second-order valence-corrected chi connectivity index (χ2v) is 6.81. The van der Waals surface area contributed by atoms with E-state index < -0.39 is 0 Å². The summed E-state index contributed by atoms with van der Waals surface area (Å²) in [4.78, 5) is 23.2. The van der Waals surface area contributed by atoms with Crippen LogP contribution in [0.3, 0.4) is 0 Å². The molecule has 0 saturated heterocycles. The lowest BCUT2D eigenvalue weighted by Gasteiger charge is -2.09. The van der Waals surface area contributed by atoms with Crippen molar-refractivity contribution in [3.63, 3.8) is 0 Å². The standard InChI is InChI=1S/C14H12N2OS2/c17-13-11-8-4-1-2-5-9(8)19-14(11)16-12(15-13)10-6-3-7-18-10/h3,6-7H,1-2,4-5H2,(H,15,16,17). The number of thiophene rings is 2. The Balaban J connectivity index is 2.00. The van der Waals surface area contributed by atoms with Crippen LogP contribution in [0.2, 0.25) is 0 Å². The highest BCUT2D eigenvalue weighted by Gasteiger charge is 2.20. The molecule has 19 heavy (non-hydrogen) atoms. The highest BCUT2D eigenvalue weighted by molar-refractivity contribution is 7.19. The van der Waals surface area contributed by atoms with Gasteiger partial charge in [0.25, 0.3) is 5.56 Å². The highest BCUT2D eigenvalue weighted by atomic mass is 32.1. The molecule has 0 atom stereocenters. The van der Waals surface area contributed by atoms with Gasteiger partial charge in [0.2, 0.25) is 0 Å². The molecule has 0 aliphatic heterocycles. The maximum absolute atomic E-state index is 12.3. The number of fused-ring (bicyclic) bond motifs is 3. The van der Waals surface area contributed by atoms with Crippen molar-refractivity contribution in [2.45, 2.75) is 25.7 Å². The molecule has 0 saturated carbocycles. The third-order valence-electron chi connectivity index (χ3n) is 3.58. The van der Waals surface area contributed by atoms with Crippen LogP contribution in [0.1, 0.15) is 23.3 Å². The molecule has 0 aromatic carbocycles. The van der Waals surface area contributed by atoms with E-state index in [-0.39, 0.29) is 5.56 Å². The summed E-state index contributed by atoms with van der Waals surface area (Å²) >= 11 is 3.30. The van der Waals surface area contributed by atoms with Crippen LogP contribution < -0.4 is 5.56 Å². The lowest BCUT2D eigenvalue weighted by Crippen LogP contribution is -2.10. The average molecular weight is 288 g/mol. The highest BCUT2D eigenvalue weighted by Crippen LogP contribution is 2.34. The zero-order chi connectivity index (χ0) is 12.8. The zero-order valence-electron chi connectivity index (χ0n) is 10.2. The van der Waals surface area contributed by atoms with E-state index in [4.69, 9.17) is 0 Å². The van der Waals surface area contributed by atoms with Crippen molar-refractivity contribution in [2.24, 2.45) is 0 Å². The molecule has 1 aliphatic carbocycles. The lowest BCUT2D eigenvalue weighted by molar-refractivity contribution is 0.700. The second kappa shape index (κ2) is 4.28. The van der Waals surface area contributed by atoms with Gasteiger partial charge < -0.3 is 4.98 Å². The van der Waals surface area contributed by atoms with Crippen LogP contribution in [0.15, 0.2) is 22.3 Å². The minimum Gasteiger partial charge on any atom is -0.305 e. The van der Waals surface area contributed by atoms with Gasteiger partial charge >= 0.3 is 0 Å². The fourth-order valence-electron chi connectivity index (χ4n) is 2.69. The Bertz CT molecular complexity index is 799. The molecule has 4 rings (SSSR count). The normalized spacial score (nSPS) is 14.7. The summed E-state index contributed by atoms with van der Waals surface area (Å²) in [7, 11) is 0. The maximum atomic E-state index is 12.3. The maximum Gasteiger partial charge on any atom is 0.260 e. The van der Waals surface area contributed by atoms with Crippen molar-refractivity contribution in [3.8, 4) is 10.7 Å². The molecule has 0 amide bonds. The number of aryl methyl sites for hydroxylation is 2. The quantitative estimate of drug-likeness (QED) is 0.743. The van der Waals surface area contributed by atoms with Crippen molar-refractivity contribution < 1.29 is 0 Å². The van der Waals surface area contributed by atoms with Crippen molar-refractivity contribution >= 4 is 32.9 Å². The second-order valence-electron chi connectivity index (χ2n) is 4.78. The van der Waals surface area contributed by atoms with Crippen LogP contribution in [-0.4, -0.2) is 9.97 Å². The van der Waals surface area contributed by atoms with Crippen molar-refractivity contribution in [3.05, 3.63) is 38.3 Å². The molecule has 0 bridgehead atoms. The number of nitrogens with zero attached hydrogens (tertiary/aromatic N) is 1. The summed E-state index contributed by atoms with van der Waals surface area (Å²) in [5.41, 5.74) is 1.27. The van der Waals surface area contributed by atoms with Gasteiger partial charge in [-0.2, -0.15) is 0 Å². The summed E-state index contributed by atoms with van der Waals surface area (Å²) in [6.07, 6.45) is 4.54. The molecule has 0 spiro atoms. The molecule has 1 N–H and O–H groups in total. The Morgan fingerprint density at radius 2 is 2.16 bits per heavy atom. The van der Waals surface area contributed by atoms with Gasteiger partial charge in [0.05, 0.1) is 10.3 Å². The Morgan fingerprint density at radius 1 is 1.26 bits per heavy atom. The molecule has 3 aromatic heterocycles. The fraction of sp³-hybridized carbons (Fsp3) is 0.286. The van der Waals surface area contributed by atoms with E-state index >= 15 is 0 Å². The number of aromatic nitrogens is 2. The molecule has 3 aromatic rings. The third kappa shape index (κ3) is 1.76. The van der Waals surface area contributed by atoms with Crippen LogP contribution in [-0.2, 0) is 12.8 Å². The number of H-pyrrole nitrogens is 1. The number of nitrogens with one attached hydrogen (secondary N) is 1. The summed E-state index contributed by atoms with van der Waals surface area (Å²) in [5.74, 6) is 0.700. The molecule has 3 nitrogen and oxygen atoms in total. The molecule has 0 radical (unpaired) electrons. The molecule has 5 heteroatoms. The van der Waals surface area contributed by atoms with Crippen molar-refractivity contribution in [1.29, 1.82) is 0 Å². The van der Waals surface area contributed by atoms with Gasteiger partial charge in [-0.15, -0.1) is 22.7 Å². The molecule has 0 fully saturated rings. The van der Waals surface area contributed by atoms with E-state index in [0.29, 0.717) is 5.82 Å². The number of aromatic amines is 1. The number of rotatable bonds is 1. The van der Waals surface area contributed by atoms with Gasteiger partial charge in [-0.05, 0) is 42.7 Å². The minimum atomic E-state index is 0.0211. The molecule has 96 valence electrons. The molecule has 3 heterocycles. The van der Waals surface area contributed by atoms with E-state index in [1.165, 1.54) is 23.3 Å². The Hall–Kier alpha value is -1.46. The first-order valence-corrected chi connectivity index (χ1v) is 8.11. The Kier molecular flexibility index (Phi) is 2.56. The van der Waals surface area contributed by atoms with Crippen LogP contribution in [0, 0.1) is 0 Å². The molecular formula is C14H12N2OS2. The summed E-state index contributed by atoms with van der Waals surface area (Å²) in [6.45, 7) is 0. The average Bonchev–Trinajstić information content (AvgIpc) is 3.05. The van der Waals surface area contributed by atoms with E-state index in [1.54, 1.807) is 22.7 Å². The Labute approximate surface area is 118 Å². The first-order valence-electron chi connectivity index (χ1n) is 6.41. The van der Waals surface area contributed by atoms with Crippen LogP contribution in [0.4, 0.5) is 0 Å². The summed E-state index contributed by atoms with van der Waals surface area (Å²) in [6, 6.07) is 3.96. The smallest absolute Gasteiger partial charge is 0.260 e. The fourth-order valence-corrected chi connectivity index (χ4v) is 4.63. The van der Waals surface area contributed by atoms with E-state index in [9.17, 15) is 4.79 Å². The molecule has 1 aliphatic rings. The topological polar surface area (TPSA) is 45.8 Å². The lowest BCUT2D eigenvalue weighted by atomic mass is 9.97. The van der Waals surface area contributed by atoms with Gasteiger partial charge in [0, 0.05) is 4.88 Å². The minimum absolute atomic E-state index is 0.0211. The summed E-state index contributed by atoms with van der Waals surface area (Å²) in [5, 5.41) is 2.83. The van der Waals surface area contributed by atoms with Gasteiger partial charge in [0.1, 0.15) is 4.83 Å². The largest absolute Gasteiger partial charge is 0.305 e. The van der Waals surface area contributed by atoms with E-state index in [2.05, 4.69) is 9.97 Å². The van der Waals surface area contributed by atoms with Crippen LogP contribution in [0.25, 0.3) is 20.9 Å². The van der Waals surface area contributed by atoms with Gasteiger partial charge in [-0.3, -0.25) is 4.79 Å². The van der Waals surface area contributed by atoms with Crippen molar-refractivity contribution in [2.75, 3.05) is 0 Å². The van der Waals surface area contributed by atoms with Gasteiger partial charge in [-0.1, -0.05) is 6.07 Å². The first-order chi connectivity index (χ1) is 9.33. The SMILES string of the molecule is O=c1[nH]c(-c2cccs2)nc2sc3c(c12)CCCC3. The monoisotopic (exact) mass is 288 g/mol. The molecule has 0 unspecified atom stereocenters. The van der Waals surface area contributed by atoms with E-state index in [1.807, 2.05) is 17.5 Å². The van der Waals surface area contributed by atoms with Crippen molar-refractivity contribution in [1.82, 2.24) is 9.97 Å². The predicted octanol–water partition coefficient (Wildman–Crippen LogP) is 3.59. The van der Waals surface area contributed by atoms with E-state index in [0.717, 1.165) is 27.9 Å². The number of hydrogen-bond acceptors (Lipinski definition) is 4. The Morgan fingerprint density at radius 3 is 3.00 bits per heavy atom.